The number of hydrogen-bond donors (Lipinski definition) is 4. The lowest BCUT2D eigenvalue weighted by Crippen LogP contribution is -2.56. The highest BCUT2D eigenvalue weighted by molar-refractivity contribution is 6.12. The van der Waals surface area contributed by atoms with Gasteiger partial charge in [0, 0.05) is 35.8 Å². The highest BCUT2D eigenvalue weighted by Crippen LogP contribution is 2.43. The van der Waals surface area contributed by atoms with E-state index in [2.05, 4.69) is 16.0 Å². The fourth-order valence-electron chi connectivity index (χ4n) is 4.72. The van der Waals surface area contributed by atoms with Gasteiger partial charge >= 0.3 is 6.03 Å². The molecule has 40 heavy (non-hydrogen) atoms. The Hall–Kier alpha value is -4.41. The summed E-state index contributed by atoms with van der Waals surface area (Å²) >= 11 is 0. The van der Waals surface area contributed by atoms with Gasteiger partial charge in [-0.3, -0.25) is 9.59 Å². The molecule has 0 saturated heterocycles. The normalized spacial score (nSPS) is 16.1. The van der Waals surface area contributed by atoms with E-state index in [0.717, 1.165) is 5.56 Å². The van der Waals surface area contributed by atoms with Gasteiger partial charge in [0.05, 0.1) is 18.7 Å². The first-order chi connectivity index (χ1) is 19.3. The minimum absolute atomic E-state index is 0.0835. The van der Waals surface area contributed by atoms with Crippen LogP contribution in [0, 0.1) is 6.92 Å². The van der Waals surface area contributed by atoms with Crippen LogP contribution >= 0.6 is 0 Å². The molecule has 3 aromatic rings. The summed E-state index contributed by atoms with van der Waals surface area (Å²) in [6.45, 7) is 6.50. The molecular weight excluding hydrogens is 510 g/mol. The van der Waals surface area contributed by atoms with Crippen LogP contribution in [0.5, 0.6) is 0 Å². The first-order valence-electron chi connectivity index (χ1n) is 13.2. The van der Waals surface area contributed by atoms with Crippen molar-refractivity contribution >= 4 is 40.6 Å². The van der Waals surface area contributed by atoms with Crippen molar-refractivity contribution in [3.63, 3.8) is 0 Å². The molecule has 1 aliphatic rings. The predicted octanol–water partition coefficient (Wildman–Crippen LogP) is 4.37. The van der Waals surface area contributed by atoms with Gasteiger partial charge in [0.1, 0.15) is 0 Å². The van der Waals surface area contributed by atoms with Gasteiger partial charge in [-0.2, -0.15) is 0 Å². The van der Waals surface area contributed by atoms with Crippen LogP contribution in [-0.4, -0.2) is 43.9 Å². The van der Waals surface area contributed by atoms with Crippen molar-refractivity contribution in [2.75, 3.05) is 41.0 Å². The fourth-order valence-corrected chi connectivity index (χ4v) is 4.72. The zero-order chi connectivity index (χ0) is 28.7. The smallest absolute Gasteiger partial charge is 0.320 e. The maximum Gasteiger partial charge on any atom is 0.320 e. The number of carbonyl (C=O) groups excluding carboxylic acids is 3. The topological polar surface area (TPSA) is 135 Å². The number of nitrogens with two attached hydrogens (primary N) is 1. The van der Waals surface area contributed by atoms with E-state index in [1.807, 2.05) is 32.9 Å². The number of para-hydroxylation sites is 1. The number of nitrogens with one attached hydrogen (secondary N) is 3. The number of aryl methyl sites for hydroxylation is 1. The number of anilines is 4. The summed E-state index contributed by atoms with van der Waals surface area (Å²) in [5.74, 6) is -0.905. The van der Waals surface area contributed by atoms with E-state index in [1.54, 1.807) is 60.7 Å². The second kappa shape index (κ2) is 12.6. The third-order valence-electron chi connectivity index (χ3n) is 6.56. The van der Waals surface area contributed by atoms with Crippen molar-refractivity contribution in [3.8, 4) is 0 Å². The number of carbonyl (C=O) groups is 3. The van der Waals surface area contributed by atoms with E-state index in [-0.39, 0.29) is 13.0 Å². The molecule has 10 heteroatoms. The Bertz CT molecular complexity index is 1280. The summed E-state index contributed by atoms with van der Waals surface area (Å²) in [5, 5.41) is 8.43. The summed E-state index contributed by atoms with van der Waals surface area (Å²) in [6.07, 6.45) is -1.02. The van der Waals surface area contributed by atoms with Gasteiger partial charge in [-0.05, 0) is 63.2 Å². The van der Waals surface area contributed by atoms with Crippen molar-refractivity contribution in [1.82, 2.24) is 5.32 Å². The third kappa shape index (κ3) is 6.41. The Labute approximate surface area is 233 Å². The molecule has 0 aromatic heterocycles. The Kier molecular flexibility index (Phi) is 9.03. The monoisotopic (exact) mass is 545 g/mol. The Morgan fingerprint density at radius 3 is 2.15 bits per heavy atom. The lowest BCUT2D eigenvalue weighted by molar-refractivity contribution is -0.138. The summed E-state index contributed by atoms with van der Waals surface area (Å²) in [5.41, 5.74) is 7.79. The van der Waals surface area contributed by atoms with Crippen LogP contribution in [0.3, 0.4) is 0 Å². The van der Waals surface area contributed by atoms with Gasteiger partial charge in [0.15, 0.2) is 11.8 Å². The Morgan fingerprint density at radius 2 is 1.50 bits per heavy atom. The molecule has 0 aliphatic carbocycles. The maximum absolute atomic E-state index is 14.3. The summed E-state index contributed by atoms with van der Waals surface area (Å²) < 4.78 is 11.4. The first-order valence-corrected chi connectivity index (χ1v) is 13.2. The highest BCUT2D eigenvalue weighted by Gasteiger charge is 2.53. The predicted molar refractivity (Wildman–Crippen MR) is 155 cm³/mol. The van der Waals surface area contributed by atoms with Gasteiger partial charge < -0.3 is 36.1 Å². The van der Waals surface area contributed by atoms with Crippen LogP contribution in [0.1, 0.15) is 31.4 Å². The van der Waals surface area contributed by atoms with E-state index in [0.29, 0.717) is 41.5 Å². The van der Waals surface area contributed by atoms with Crippen molar-refractivity contribution in [1.29, 1.82) is 0 Å². The average Bonchev–Trinajstić information content (AvgIpc) is 3.14. The quantitative estimate of drug-likeness (QED) is 0.209. The lowest BCUT2D eigenvalue weighted by Gasteiger charge is -2.30. The van der Waals surface area contributed by atoms with Crippen molar-refractivity contribution < 1.29 is 23.9 Å². The fraction of sp³-hybridized carbons (Fsp3) is 0.300. The van der Waals surface area contributed by atoms with Crippen LogP contribution in [0.15, 0.2) is 72.8 Å². The molecule has 1 aliphatic heterocycles. The molecule has 1 atom stereocenters. The van der Waals surface area contributed by atoms with E-state index in [1.165, 1.54) is 4.90 Å². The number of benzene rings is 3. The standard InChI is InChI=1S/C30H35N5O5/c1-4-39-27(40-5-2)19-35-25-9-7-6-8-24(25)30(28(35)37,18-26(36)32-22-14-10-20(3)11-15-22)34-29(38)33-23-16-12-21(31)13-17-23/h6-17,27H,4-5,18-19,31H2,1-3H3,(H,32,36)(H2,33,34,38). The van der Waals surface area contributed by atoms with E-state index >= 15 is 0 Å². The van der Waals surface area contributed by atoms with Crippen molar-refractivity contribution in [3.05, 3.63) is 83.9 Å². The van der Waals surface area contributed by atoms with Gasteiger partial charge in [-0.1, -0.05) is 35.9 Å². The average molecular weight is 546 g/mol. The summed E-state index contributed by atoms with van der Waals surface area (Å²) in [6, 6.07) is 20.4. The molecule has 0 spiro atoms. The van der Waals surface area contributed by atoms with Crippen LogP contribution in [0.25, 0.3) is 0 Å². The lowest BCUT2D eigenvalue weighted by atomic mass is 9.87. The van der Waals surface area contributed by atoms with E-state index in [4.69, 9.17) is 15.2 Å². The molecule has 10 nitrogen and oxygen atoms in total. The summed E-state index contributed by atoms with van der Waals surface area (Å²) in [4.78, 5) is 42.5. The van der Waals surface area contributed by atoms with Crippen molar-refractivity contribution in [2.45, 2.75) is 39.0 Å². The molecule has 4 rings (SSSR count). The number of urea groups is 1. The minimum Gasteiger partial charge on any atom is -0.399 e. The van der Waals surface area contributed by atoms with Gasteiger partial charge in [0.2, 0.25) is 5.91 Å². The molecule has 0 fully saturated rings. The zero-order valence-electron chi connectivity index (χ0n) is 22.9. The molecule has 5 N–H and O–H groups in total. The second-order valence-corrected chi connectivity index (χ2v) is 9.47. The van der Waals surface area contributed by atoms with Gasteiger partial charge in [0.25, 0.3) is 5.91 Å². The number of ether oxygens (including phenoxy) is 2. The van der Waals surface area contributed by atoms with Crippen molar-refractivity contribution in [2.24, 2.45) is 0 Å². The molecule has 0 radical (unpaired) electrons. The molecule has 210 valence electrons. The number of rotatable bonds is 11. The zero-order valence-corrected chi connectivity index (χ0v) is 22.9. The molecule has 4 amide bonds. The number of nitrogen functional groups attached to an aromatic ring is 1. The number of fused-ring (bicyclic) bond motifs is 1. The minimum atomic E-state index is -1.69. The van der Waals surface area contributed by atoms with Crippen LogP contribution in [0.2, 0.25) is 0 Å². The van der Waals surface area contributed by atoms with Crippen LogP contribution in [-0.2, 0) is 24.6 Å². The molecule has 0 bridgehead atoms. The van der Waals surface area contributed by atoms with Crippen LogP contribution < -0.4 is 26.6 Å². The largest absolute Gasteiger partial charge is 0.399 e. The molecule has 1 unspecified atom stereocenters. The summed E-state index contributed by atoms with van der Waals surface area (Å²) in [7, 11) is 0. The van der Waals surface area contributed by atoms with Crippen LogP contribution in [0.4, 0.5) is 27.5 Å². The number of nitrogens with zero attached hydrogens (tertiary/aromatic N) is 1. The number of amides is 4. The first kappa shape index (κ1) is 28.6. The third-order valence-corrected chi connectivity index (χ3v) is 6.56. The Morgan fingerprint density at radius 1 is 0.900 bits per heavy atom. The van der Waals surface area contributed by atoms with Gasteiger partial charge in [-0.15, -0.1) is 0 Å². The molecule has 0 saturated carbocycles. The highest BCUT2D eigenvalue weighted by atomic mass is 16.7. The molecule has 3 aromatic carbocycles. The van der Waals surface area contributed by atoms with Gasteiger partial charge in [-0.25, -0.2) is 4.79 Å². The van der Waals surface area contributed by atoms with E-state index < -0.39 is 29.7 Å². The molecular formula is C30H35N5O5. The maximum atomic E-state index is 14.3. The molecule has 1 heterocycles. The Balaban J connectivity index is 1.69. The second-order valence-electron chi connectivity index (χ2n) is 9.47. The SMILES string of the molecule is CCOC(CN1C(=O)C(CC(=O)Nc2ccc(C)cc2)(NC(=O)Nc2ccc(N)cc2)c2ccccc21)OCC. The van der Waals surface area contributed by atoms with E-state index in [9.17, 15) is 14.4 Å². The number of hydrogen-bond acceptors (Lipinski definition) is 6.